The van der Waals surface area contributed by atoms with E-state index in [0.717, 1.165) is 23.1 Å². The summed E-state index contributed by atoms with van der Waals surface area (Å²) in [6.45, 7) is 2.13. The molecule has 0 spiro atoms. The molecule has 19 heavy (non-hydrogen) atoms. The minimum atomic E-state index is 0.0901. The number of ether oxygens (including phenoxy) is 1. The van der Waals surface area contributed by atoms with E-state index in [2.05, 4.69) is 18.2 Å². The van der Waals surface area contributed by atoms with Gasteiger partial charge in [-0.15, -0.1) is 0 Å². The van der Waals surface area contributed by atoms with Crippen molar-refractivity contribution >= 4 is 5.78 Å². The lowest BCUT2D eigenvalue weighted by Gasteiger charge is -2.08. The molecule has 98 valence electrons. The summed E-state index contributed by atoms with van der Waals surface area (Å²) in [6, 6.07) is 16.2. The molecule has 0 unspecified atom stereocenters. The molecular weight excluding hydrogens is 236 g/mol. The number of hydrogen-bond donors (Lipinski definition) is 0. The zero-order chi connectivity index (χ0) is 13.7. The van der Waals surface area contributed by atoms with E-state index < -0.39 is 0 Å². The number of rotatable bonds is 5. The third kappa shape index (κ3) is 3.76. The molecule has 0 aliphatic heterocycles. The fourth-order valence-electron chi connectivity index (χ4n) is 2.15. The molecule has 2 rings (SSSR count). The Hall–Kier alpha value is -1.93. The standard InChI is InChI=1S/C17H18O2/c1-13(18)17-10-15(9-16(11-17)12-19-2)8-14-6-4-3-5-7-14/h3-7,9-11H,8,12H2,1-2H3. The first-order valence-electron chi connectivity index (χ1n) is 6.35. The van der Waals surface area contributed by atoms with Crippen LogP contribution in [0.5, 0.6) is 0 Å². The van der Waals surface area contributed by atoms with Crippen LogP contribution in [-0.4, -0.2) is 12.9 Å². The SMILES string of the molecule is COCc1cc(Cc2ccccc2)cc(C(C)=O)c1. The Morgan fingerprint density at radius 2 is 1.68 bits per heavy atom. The molecule has 2 heteroatoms. The van der Waals surface area contributed by atoms with Gasteiger partial charge in [0.25, 0.3) is 0 Å². The predicted octanol–water partition coefficient (Wildman–Crippen LogP) is 3.63. The second-order valence-corrected chi connectivity index (χ2v) is 4.69. The van der Waals surface area contributed by atoms with Crippen LogP contribution in [0.1, 0.15) is 34.0 Å². The lowest BCUT2D eigenvalue weighted by molar-refractivity contribution is 0.101. The van der Waals surface area contributed by atoms with Crippen LogP contribution in [0, 0.1) is 0 Å². The van der Waals surface area contributed by atoms with Gasteiger partial charge in [-0.1, -0.05) is 36.4 Å². The van der Waals surface area contributed by atoms with Gasteiger partial charge in [-0.25, -0.2) is 0 Å². The summed E-state index contributed by atoms with van der Waals surface area (Å²) in [5.41, 5.74) is 4.18. The first kappa shape index (κ1) is 13.5. The number of benzene rings is 2. The quantitative estimate of drug-likeness (QED) is 0.762. The van der Waals surface area contributed by atoms with Crippen LogP contribution in [0.15, 0.2) is 48.5 Å². The fraction of sp³-hybridized carbons (Fsp3) is 0.235. The van der Waals surface area contributed by atoms with Crippen molar-refractivity contribution in [3.8, 4) is 0 Å². The molecule has 2 nitrogen and oxygen atoms in total. The smallest absolute Gasteiger partial charge is 0.159 e. The Labute approximate surface area is 114 Å². The van der Waals surface area contributed by atoms with E-state index >= 15 is 0 Å². The van der Waals surface area contributed by atoms with Gasteiger partial charge in [0.05, 0.1) is 6.61 Å². The number of hydrogen-bond acceptors (Lipinski definition) is 2. The summed E-state index contributed by atoms with van der Waals surface area (Å²) >= 11 is 0. The van der Waals surface area contributed by atoms with Crippen molar-refractivity contribution in [2.75, 3.05) is 7.11 Å². The van der Waals surface area contributed by atoms with Gasteiger partial charge in [-0.2, -0.15) is 0 Å². The number of methoxy groups -OCH3 is 1. The van der Waals surface area contributed by atoms with E-state index in [1.807, 2.05) is 30.3 Å². The molecule has 0 aliphatic carbocycles. The highest BCUT2D eigenvalue weighted by atomic mass is 16.5. The van der Waals surface area contributed by atoms with E-state index in [1.165, 1.54) is 5.56 Å². The van der Waals surface area contributed by atoms with Gasteiger partial charge in [-0.3, -0.25) is 4.79 Å². The maximum absolute atomic E-state index is 11.6. The van der Waals surface area contributed by atoms with Gasteiger partial charge in [0, 0.05) is 12.7 Å². The summed E-state index contributed by atoms with van der Waals surface area (Å²) in [6.07, 6.45) is 0.832. The van der Waals surface area contributed by atoms with E-state index in [0.29, 0.717) is 6.61 Å². The third-order valence-corrected chi connectivity index (χ3v) is 3.02. The van der Waals surface area contributed by atoms with Crippen LogP contribution >= 0.6 is 0 Å². The van der Waals surface area contributed by atoms with Crippen LogP contribution in [0.2, 0.25) is 0 Å². The van der Waals surface area contributed by atoms with Crippen LogP contribution in [0.3, 0.4) is 0 Å². The molecule has 0 saturated carbocycles. The normalized spacial score (nSPS) is 10.4. The predicted molar refractivity (Wildman–Crippen MR) is 76.4 cm³/mol. The van der Waals surface area contributed by atoms with Crippen LogP contribution in [0.25, 0.3) is 0 Å². The van der Waals surface area contributed by atoms with Gasteiger partial charge < -0.3 is 4.74 Å². The van der Waals surface area contributed by atoms with Gasteiger partial charge in [0.1, 0.15) is 0 Å². The lowest BCUT2D eigenvalue weighted by atomic mass is 9.98. The minimum absolute atomic E-state index is 0.0901. The van der Waals surface area contributed by atoms with E-state index in [4.69, 9.17) is 4.74 Å². The molecule has 0 heterocycles. The molecule has 2 aromatic carbocycles. The number of ketones is 1. The summed E-state index contributed by atoms with van der Waals surface area (Å²) < 4.78 is 5.16. The van der Waals surface area contributed by atoms with Crippen molar-refractivity contribution in [3.05, 3.63) is 70.8 Å². The number of Topliss-reactive ketones (excluding diaryl/α,β-unsaturated/α-hetero) is 1. The lowest BCUT2D eigenvalue weighted by Crippen LogP contribution is -1.99. The molecule has 0 atom stereocenters. The molecule has 0 aliphatic rings. The molecule has 2 aromatic rings. The first-order valence-corrected chi connectivity index (χ1v) is 6.35. The monoisotopic (exact) mass is 254 g/mol. The van der Waals surface area contributed by atoms with Crippen LogP contribution in [0.4, 0.5) is 0 Å². The Morgan fingerprint density at radius 1 is 1.00 bits per heavy atom. The summed E-state index contributed by atoms with van der Waals surface area (Å²) in [5, 5.41) is 0. The maximum Gasteiger partial charge on any atom is 0.159 e. The van der Waals surface area contributed by atoms with Gasteiger partial charge in [0.2, 0.25) is 0 Å². The molecule has 0 N–H and O–H groups in total. The Bertz CT molecular complexity index is 559. The largest absolute Gasteiger partial charge is 0.380 e. The number of carbonyl (C=O) groups excluding carboxylic acids is 1. The van der Waals surface area contributed by atoms with Crippen molar-refractivity contribution in [2.24, 2.45) is 0 Å². The van der Waals surface area contributed by atoms with Crippen molar-refractivity contribution in [3.63, 3.8) is 0 Å². The van der Waals surface area contributed by atoms with Gasteiger partial charge >= 0.3 is 0 Å². The average molecular weight is 254 g/mol. The molecule has 0 amide bonds. The zero-order valence-corrected chi connectivity index (χ0v) is 11.3. The Morgan fingerprint density at radius 3 is 2.32 bits per heavy atom. The molecular formula is C17H18O2. The van der Waals surface area contributed by atoms with Crippen LogP contribution < -0.4 is 0 Å². The van der Waals surface area contributed by atoms with Crippen molar-refractivity contribution in [1.82, 2.24) is 0 Å². The van der Waals surface area contributed by atoms with Crippen LogP contribution in [-0.2, 0) is 17.8 Å². The summed E-state index contributed by atoms with van der Waals surface area (Å²) in [7, 11) is 1.66. The van der Waals surface area contributed by atoms with Gasteiger partial charge in [-0.05, 0) is 42.2 Å². The first-order chi connectivity index (χ1) is 9.19. The van der Waals surface area contributed by atoms with E-state index in [-0.39, 0.29) is 5.78 Å². The maximum atomic E-state index is 11.6. The molecule has 0 saturated heterocycles. The number of carbonyl (C=O) groups is 1. The molecule has 0 aromatic heterocycles. The highest BCUT2D eigenvalue weighted by molar-refractivity contribution is 5.94. The highest BCUT2D eigenvalue weighted by Crippen LogP contribution is 2.16. The topological polar surface area (TPSA) is 26.3 Å². The van der Waals surface area contributed by atoms with Crippen molar-refractivity contribution in [2.45, 2.75) is 20.0 Å². The molecule has 0 radical (unpaired) electrons. The van der Waals surface area contributed by atoms with Gasteiger partial charge in [0.15, 0.2) is 5.78 Å². The Balaban J connectivity index is 2.31. The summed E-state index contributed by atoms with van der Waals surface area (Å²) in [4.78, 5) is 11.6. The summed E-state index contributed by atoms with van der Waals surface area (Å²) in [5.74, 6) is 0.0901. The fourth-order valence-corrected chi connectivity index (χ4v) is 2.15. The second-order valence-electron chi connectivity index (χ2n) is 4.69. The van der Waals surface area contributed by atoms with Crippen molar-refractivity contribution in [1.29, 1.82) is 0 Å². The average Bonchev–Trinajstić information content (AvgIpc) is 2.40. The third-order valence-electron chi connectivity index (χ3n) is 3.02. The Kier molecular flexibility index (Phi) is 4.48. The molecule has 0 bridgehead atoms. The zero-order valence-electron chi connectivity index (χ0n) is 11.3. The van der Waals surface area contributed by atoms with Crippen molar-refractivity contribution < 1.29 is 9.53 Å². The minimum Gasteiger partial charge on any atom is -0.380 e. The van der Waals surface area contributed by atoms with E-state index in [1.54, 1.807) is 14.0 Å². The second kappa shape index (κ2) is 6.30. The highest BCUT2D eigenvalue weighted by Gasteiger charge is 2.05. The molecule has 0 fully saturated rings. The van der Waals surface area contributed by atoms with E-state index in [9.17, 15) is 4.79 Å².